The number of hydrogen-bond acceptors (Lipinski definition) is 13. The Kier molecular flexibility index (Phi) is 8.01. The second-order valence-corrected chi connectivity index (χ2v) is 7.85. The molecular weight excluding hydrogens is 420 g/mol. The van der Waals surface area contributed by atoms with Crippen LogP contribution in [0.3, 0.4) is 0 Å². The highest BCUT2D eigenvalue weighted by atomic mass is 16.9. The lowest BCUT2D eigenvalue weighted by atomic mass is 9.97. The van der Waals surface area contributed by atoms with E-state index in [2.05, 4.69) is 5.32 Å². The van der Waals surface area contributed by atoms with Gasteiger partial charge in [0.2, 0.25) is 0 Å². The molecule has 0 bridgehead atoms. The van der Waals surface area contributed by atoms with Crippen LogP contribution in [0.15, 0.2) is 0 Å². The van der Waals surface area contributed by atoms with Gasteiger partial charge in [-0.05, 0) is 6.92 Å². The first-order valence-electron chi connectivity index (χ1n) is 9.84. The van der Waals surface area contributed by atoms with Gasteiger partial charge in [0.25, 0.3) is 0 Å². The van der Waals surface area contributed by atoms with Crippen LogP contribution in [0.25, 0.3) is 0 Å². The summed E-state index contributed by atoms with van der Waals surface area (Å²) in [4.78, 5) is 0. The number of nitrogens with one attached hydrogen (secondary N) is 1. The number of ether oxygens (including phenoxy) is 4. The lowest BCUT2D eigenvalue weighted by Gasteiger charge is -2.46. The maximum Gasteiger partial charge on any atom is 0.187 e. The van der Waals surface area contributed by atoms with Gasteiger partial charge < -0.3 is 65.1 Å². The molecular formula is C17H31NO12. The van der Waals surface area contributed by atoms with Crippen LogP contribution < -0.4 is 5.32 Å². The molecule has 0 aromatic carbocycles. The predicted molar refractivity (Wildman–Crippen MR) is 94.7 cm³/mol. The van der Waals surface area contributed by atoms with Gasteiger partial charge >= 0.3 is 0 Å². The predicted octanol–water partition coefficient (Wildman–Crippen LogP) is -5.65. The van der Waals surface area contributed by atoms with Crippen molar-refractivity contribution in [2.24, 2.45) is 0 Å². The molecule has 0 aromatic rings. The fraction of sp³-hybridized carbons (Fsp3) is 1.00. The van der Waals surface area contributed by atoms with E-state index in [1.165, 1.54) is 6.92 Å². The van der Waals surface area contributed by atoms with Crippen molar-refractivity contribution >= 4 is 0 Å². The highest BCUT2D eigenvalue weighted by molar-refractivity contribution is 4.96. The minimum Gasteiger partial charge on any atom is -0.395 e. The summed E-state index contributed by atoms with van der Waals surface area (Å²) in [5, 5.41) is 82.7. The highest BCUT2D eigenvalue weighted by Crippen LogP contribution is 2.30. The Hall–Kier alpha value is -0.520. The Balaban J connectivity index is 1.68. The molecule has 176 valence electrons. The second-order valence-electron chi connectivity index (χ2n) is 7.85. The molecule has 0 aliphatic carbocycles. The van der Waals surface area contributed by atoms with Crippen LogP contribution in [-0.4, -0.2) is 140 Å². The summed E-state index contributed by atoms with van der Waals surface area (Å²) in [5.41, 5.74) is 0. The first kappa shape index (κ1) is 24.1. The number of hydrogen-bond donors (Lipinski definition) is 9. The monoisotopic (exact) mass is 451 g/mol. The molecule has 0 radical (unpaired) electrons. The van der Waals surface area contributed by atoms with Gasteiger partial charge in [0, 0.05) is 6.54 Å². The van der Waals surface area contributed by atoms with Crippen molar-refractivity contribution in [1.82, 2.24) is 5.32 Å². The minimum atomic E-state index is -1.67. The topological polar surface area (TPSA) is 211 Å². The largest absolute Gasteiger partial charge is 0.395 e. The van der Waals surface area contributed by atoms with E-state index in [9.17, 15) is 40.9 Å². The molecule has 13 atom stereocenters. The fourth-order valence-corrected chi connectivity index (χ4v) is 3.90. The molecule has 0 amide bonds. The number of aliphatic hydroxyl groups excluding tert-OH is 8. The first-order valence-corrected chi connectivity index (χ1v) is 9.84. The van der Waals surface area contributed by atoms with Crippen LogP contribution >= 0.6 is 0 Å². The zero-order valence-electron chi connectivity index (χ0n) is 16.3. The minimum absolute atomic E-state index is 0.152. The van der Waals surface area contributed by atoms with Gasteiger partial charge in [-0.2, -0.15) is 0 Å². The van der Waals surface area contributed by atoms with Gasteiger partial charge in [-0.25, -0.2) is 0 Å². The number of β-amino-alcohol motifs (C(OH)–C–C–N with tert-alkyl or cyclic N) is 1. The van der Waals surface area contributed by atoms with E-state index in [0.717, 1.165) is 0 Å². The molecule has 13 nitrogen and oxygen atoms in total. The van der Waals surface area contributed by atoms with Crippen LogP contribution in [0.5, 0.6) is 0 Å². The van der Waals surface area contributed by atoms with E-state index in [-0.39, 0.29) is 13.2 Å². The van der Waals surface area contributed by atoms with Gasteiger partial charge in [-0.1, -0.05) is 0 Å². The number of rotatable bonds is 6. The van der Waals surface area contributed by atoms with Gasteiger partial charge in [0.15, 0.2) is 12.6 Å². The summed E-state index contributed by atoms with van der Waals surface area (Å²) in [5.74, 6) is 0. The van der Waals surface area contributed by atoms with Crippen LogP contribution in [0.1, 0.15) is 6.92 Å². The van der Waals surface area contributed by atoms with Crippen molar-refractivity contribution in [3.05, 3.63) is 0 Å². The standard InChI is InChI=1S/C17H31NO12/c1-5-9(22)10(23)12(25)16(27-5)30-15-8(4-20)28-17(13(26)11(15)24)29-14-6(3-19)18-2-7(14)21/h5-26H,2-4H2,1H3/t5-,6-,7-,8-,9-,10+,11-,12-,13-,14-,15-,16+,17-/m1/s1/i2+2,3+2,6+2,7+2,14+2. The zero-order chi connectivity index (χ0) is 22.2. The summed E-state index contributed by atoms with van der Waals surface area (Å²) in [7, 11) is 0. The lowest BCUT2D eigenvalue weighted by Crippen LogP contribution is -2.64. The summed E-state index contributed by atoms with van der Waals surface area (Å²) in [6.07, 6.45) is -16.2. The van der Waals surface area contributed by atoms with E-state index in [4.69, 9.17) is 18.9 Å². The lowest BCUT2D eigenvalue weighted by molar-refractivity contribution is -0.361. The third kappa shape index (κ3) is 4.63. The molecule has 0 saturated carbocycles. The molecule has 3 rings (SSSR count). The molecule has 9 N–H and O–H groups in total. The molecule has 3 heterocycles. The fourth-order valence-electron chi connectivity index (χ4n) is 3.90. The van der Waals surface area contributed by atoms with Crippen molar-refractivity contribution in [2.45, 2.75) is 86.6 Å². The van der Waals surface area contributed by atoms with Gasteiger partial charge in [0.05, 0.1) is 31.5 Å². The van der Waals surface area contributed by atoms with Gasteiger partial charge in [0.1, 0.15) is 48.8 Å². The Labute approximate surface area is 172 Å². The smallest absolute Gasteiger partial charge is 0.187 e. The van der Waals surface area contributed by atoms with Crippen LogP contribution in [0.4, 0.5) is 0 Å². The molecule has 30 heavy (non-hydrogen) atoms. The first-order chi connectivity index (χ1) is 14.2. The molecule has 0 unspecified atom stereocenters. The summed E-state index contributed by atoms with van der Waals surface area (Å²) < 4.78 is 21.9. The van der Waals surface area contributed by atoms with Crippen molar-refractivity contribution in [2.75, 3.05) is 19.8 Å². The molecule has 3 aliphatic heterocycles. The SMILES string of the molecule is C[C@H]1O[C@@H](O[C@H]2[C@H](O)[C@@H](O)[C@@H](O[14C@H]3[14C@H](O)[14CH2]N[14C@@H]3[14CH2]O)O[C@@H]2CO)[C@H](O)[C@@H](O)[C@@H]1O. The maximum absolute atomic E-state index is 10.6. The summed E-state index contributed by atoms with van der Waals surface area (Å²) in [6, 6.07) is -0.616. The molecule has 0 aromatic heterocycles. The Morgan fingerprint density at radius 3 is 2.30 bits per heavy atom. The van der Waals surface area contributed by atoms with Gasteiger partial charge in [-0.3, -0.25) is 0 Å². The van der Waals surface area contributed by atoms with Gasteiger partial charge in [-0.15, -0.1) is 0 Å². The Morgan fingerprint density at radius 2 is 1.67 bits per heavy atom. The number of aliphatic hydroxyl groups is 8. The average Bonchev–Trinajstić information content (AvgIpc) is 3.09. The van der Waals surface area contributed by atoms with Crippen LogP contribution in [0, 0.1) is 0 Å². The third-order valence-electron chi connectivity index (χ3n) is 5.77. The maximum atomic E-state index is 10.6. The normalized spacial score (nSPS) is 52.5. The second kappa shape index (κ2) is 9.95. The van der Waals surface area contributed by atoms with E-state index in [1.807, 2.05) is 0 Å². The zero-order valence-corrected chi connectivity index (χ0v) is 16.3. The molecule has 0 spiro atoms. The summed E-state index contributed by atoms with van der Waals surface area (Å²) >= 11 is 0. The average molecular weight is 451 g/mol. The van der Waals surface area contributed by atoms with E-state index in [0.29, 0.717) is 0 Å². The molecule has 3 aliphatic rings. The van der Waals surface area contributed by atoms with Crippen molar-refractivity contribution in [3.63, 3.8) is 0 Å². The quantitative estimate of drug-likeness (QED) is 0.185. The van der Waals surface area contributed by atoms with Crippen molar-refractivity contribution < 1.29 is 59.8 Å². The summed E-state index contributed by atoms with van der Waals surface area (Å²) in [6.45, 7) is 0.600. The van der Waals surface area contributed by atoms with E-state index < -0.39 is 86.3 Å². The molecule has 3 fully saturated rings. The highest BCUT2D eigenvalue weighted by Gasteiger charge is 2.51. The van der Waals surface area contributed by atoms with E-state index >= 15 is 0 Å². The van der Waals surface area contributed by atoms with Crippen molar-refractivity contribution in [1.29, 1.82) is 0 Å². The Morgan fingerprint density at radius 1 is 1.00 bits per heavy atom. The van der Waals surface area contributed by atoms with Crippen molar-refractivity contribution in [3.8, 4) is 0 Å². The molecule has 13 heteroatoms. The van der Waals surface area contributed by atoms with E-state index in [1.54, 1.807) is 0 Å². The third-order valence-corrected chi connectivity index (χ3v) is 5.77. The Bertz CT molecular complexity index is 555. The molecule has 3 saturated heterocycles. The van der Waals surface area contributed by atoms with Crippen LogP contribution in [0.2, 0.25) is 0 Å². The van der Waals surface area contributed by atoms with Crippen LogP contribution in [-0.2, 0) is 18.9 Å².